The number of ether oxygens (including phenoxy) is 2. The summed E-state index contributed by atoms with van der Waals surface area (Å²) in [4.78, 5) is 33.3. The van der Waals surface area contributed by atoms with Gasteiger partial charge in [-0.25, -0.2) is 0 Å². The second kappa shape index (κ2) is 4.92. The van der Waals surface area contributed by atoms with Crippen molar-refractivity contribution in [3.63, 3.8) is 0 Å². The molecule has 0 N–H and O–H groups in total. The first-order valence-corrected chi connectivity index (χ1v) is 6.03. The van der Waals surface area contributed by atoms with E-state index in [1.54, 1.807) is 6.08 Å². The van der Waals surface area contributed by atoms with Crippen LogP contribution in [-0.2, 0) is 23.9 Å². The van der Waals surface area contributed by atoms with Crippen molar-refractivity contribution in [1.29, 1.82) is 0 Å². The Morgan fingerprint density at radius 2 is 2.11 bits per heavy atom. The van der Waals surface area contributed by atoms with E-state index >= 15 is 0 Å². The lowest BCUT2D eigenvalue weighted by Gasteiger charge is -2.18. The summed E-state index contributed by atoms with van der Waals surface area (Å²) in [5.41, 5.74) is 0. The van der Waals surface area contributed by atoms with Gasteiger partial charge in [0.1, 0.15) is 12.2 Å². The number of hydrogen-bond acceptors (Lipinski definition) is 5. The summed E-state index contributed by atoms with van der Waals surface area (Å²) in [7, 11) is 0. The lowest BCUT2D eigenvalue weighted by molar-refractivity contribution is -0.149. The Hall–Kier alpha value is -1.65. The van der Waals surface area contributed by atoms with E-state index in [9.17, 15) is 14.4 Å². The van der Waals surface area contributed by atoms with Crippen molar-refractivity contribution >= 4 is 17.7 Å². The summed E-state index contributed by atoms with van der Waals surface area (Å²) in [6, 6.07) is 0. The highest BCUT2D eigenvalue weighted by atomic mass is 16.6. The van der Waals surface area contributed by atoms with Gasteiger partial charge in [0.05, 0.1) is 6.42 Å². The van der Waals surface area contributed by atoms with Gasteiger partial charge >= 0.3 is 11.9 Å². The van der Waals surface area contributed by atoms with Crippen LogP contribution in [0.25, 0.3) is 0 Å². The largest absolute Gasteiger partial charge is 0.462 e. The van der Waals surface area contributed by atoms with Crippen LogP contribution < -0.4 is 0 Å². The summed E-state index contributed by atoms with van der Waals surface area (Å²) < 4.78 is 10.4. The van der Waals surface area contributed by atoms with Crippen LogP contribution in [0.3, 0.4) is 0 Å². The molecule has 98 valence electrons. The predicted molar refractivity (Wildman–Crippen MR) is 61.5 cm³/mol. The first-order chi connectivity index (χ1) is 8.47. The van der Waals surface area contributed by atoms with Crippen molar-refractivity contribution in [2.45, 2.75) is 38.9 Å². The minimum Gasteiger partial charge on any atom is -0.462 e. The third-order valence-corrected chi connectivity index (χ3v) is 3.42. The van der Waals surface area contributed by atoms with E-state index in [2.05, 4.69) is 0 Å². The number of hydrogen-bond donors (Lipinski definition) is 0. The molecule has 2 aliphatic rings. The maximum atomic E-state index is 11.2. The molecule has 1 aliphatic heterocycles. The molecule has 2 fully saturated rings. The van der Waals surface area contributed by atoms with E-state index in [1.165, 1.54) is 19.9 Å². The number of rotatable bonds is 3. The molecule has 1 saturated carbocycles. The van der Waals surface area contributed by atoms with Crippen molar-refractivity contribution in [2.75, 3.05) is 0 Å². The fraction of sp³-hybridized carbons (Fsp3) is 0.615. The van der Waals surface area contributed by atoms with Crippen LogP contribution >= 0.6 is 0 Å². The topological polar surface area (TPSA) is 69.7 Å². The van der Waals surface area contributed by atoms with Gasteiger partial charge in [0.25, 0.3) is 0 Å². The van der Waals surface area contributed by atoms with Crippen LogP contribution in [0.4, 0.5) is 0 Å². The Kier molecular flexibility index (Phi) is 3.50. The molecule has 1 saturated heterocycles. The zero-order valence-corrected chi connectivity index (χ0v) is 10.4. The van der Waals surface area contributed by atoms with Gasteiger partial charge in [0.15, 0.2) is 5.78 Å². The molecule has 0 amide bonds. The fourth-order valence-electron chi connectivity index (χ4n) is 2.75. The second-order valence-corrected chi connectivity index (χ2v) is 4.83. The highest BCUT2D eigenvalue weighted by molar-refractivity contribution is 5.87. The molecular weight excluding hydrogens is 236 g/mol. The first kappa shape index (κ1) is 12.8. The van der Waals surface area contributed by atoms with Crippen molar-refractivity contribution in [3.8, 4) is 0 Å². The van der Waals surface area contributed by atoms with E-state index in [0.717, 1.165) is 0 Å². The lowest BCUT2D eigenvalue weighted by Crippen LogP contribution is -2.23. The van der Waals surface area contributed by atoms with Crippen LogP contribution in [0.2, 0.25) is 0 Å². The quantitative estimate of drug-likeness (QED) is 0.554. The highest BCUT2D eigenvalue weighted by Crippen LogP contribution is 2.43. The van der Waals surface area contributed by atoms with E-state index in [0.29, 0.717) is 12.8 Å². The summed E-state index contributed by atoms with van der Waals surface area (Å²) in [5, 5.41) is 0. The van der Waals surface area contributed by atoms with Gasteiger partial charge in [0.2, 0.25) is 0 Å². The maximum absolute atomic E-state index is 11.2. The summed E-state index contributed by atoms with van der Waals surface area (Å²) >= 11 is 0. The van der Waals surface area contributed by atoms with Crippen LogP contribution in [0, 0.1) is 11.8 Å². The third kappa shape index (κ3) is 2.60. The number of fused-ring (bicyclic) bond motifs is 1. The molecule has 0 radical (unpaired) electrons. The molecule has 0 spiro atoms. The average molecular weight is 252 g/mol. The summed E-state index contributed by atoms with van der Waals surface area (Å²) in [5.74, 6) is -0.739. The lowest BCUT2D eigenvalue weighted by atomic mass is 9.91. The van der Waals surface area contributed by atoms with Crippen LogP contribution in [0.1, 0.15) is 26.7 Å². The second-order valence-electron chi connectivity index (χ2n) is 4.83. The monoisotopic (exact) mass is 252 g/mol. The van der Waals surface area contributed by atoms with Gasteiger partial charge in [-0.05, 0) is 13.0 Å². The molecular formula is C13H16O5. The van der Waals surface area contributed by atoms with Crippen molar-refractivity contribution in [2.24, 2.45) is 11.8 Å². The molecule has 4 atom stereocenters. The minimum absolute atomic E-state index is 0.0115. The number of carbonyl (C=O) groups excluding carboxylic acids is 3. The Morgan fingerprint density at radius 1 is 1.39 bits per heavy atom. The van der Waals surface area contributed by atoms with E-state index in [-0.39, 0.29) is 41.8 Å². The SMILES string of the molecule is CC(=O)/C=C/[C@@H]1[C@H]2CC(=O)O[C@H]2C[C@H]1OC(C)=O. The fourth-order valence-corrected chi connectivity index (χ4v) is 2.75. The van der Waals surface area contributed by atoms with Gasteiger partial charge in [-0.3, -0.25) is 14.4 Å². The Labute approximate surface area is 105 Å². The molecule has 5 heteroatoms. The first-order valence-electron chi connectivity index (χ1n) is 6.03. The van der Waals surface area contributed by atoms with Crippen LogP contribution in [-0.4, -0.2) is 29.9 Å². The third-order valence-electron chi connectivity index (χ3n) is 3.42. The van der Waals surface area contributed by atoms with Gasteiger partial charge in [-0.15, -0.1) is 0 Å². The van der Waals surface area contributed by atoms with Gasteiger partial charge < -0.3 is 9.47 Å². The molecule has 1 aliphatic carbocycles. The predicted octanol–water partition coefficient (Wildman–Crippen LogP) is 1.01. The zero-order valence-electron chi connectivity index (χ0n) is 10.4. The maximum Gasteiger partial charge on any atom is 0.306 e. The molecule has 5 nitrogen and oxygen atoms in total. The van der Waals surface area contributed by atoms with Crippen LogP contribution in [0.5, 0.6) is 0 Å². The number of ketones is 1. The van der Waals surface area contributed by atoms with E-state index in [1.807, 2.05) is 0 Å². The van der Waals surface area contributed by atoms with E-state index in [4.69, 9.17) is 9.47 Å². The Balaban J connectivity index is 2.14. The zero-order chi connectivity index (χ0) is 13.3. The normalized spacial score (nSPS) is 34.4. The number of esters is 2. The summed E-state index contributed by atoms with van der Waals surface area (Å²) in [6.45, 7) is 2.81. The van der Waals surface area contributed by atoms with Crippen molar-refractivity contribution in [3.05, 3.63) is 12.2 Å². The molecule has 18 heavy (non-hydrogen) atoms. The van der Waals surface area contributed by atoms with Gasteiger partial charge in [-0.1, -0.05) is 6.08 Å². The number of allylic oxidation sites excluding steroid dienone is 1. The standard InChI is InChI=1S/C13H16O5/c1-7(14)3-4-9-10-5-13(16)18-12(10)6-11(9)17-8(2)15/h3-4,9-12H,5-6H2,1-2H3/b4-3+/t9-,10-,11-,12+/m1/s1. The molecule has 0 aromatic rings. The van der Waals surface area contributed by atoms with Gasteiger partial charge in [-0.2, -0.15) is 0 Å². The van der Waals surface area contributed by atoms with E-state index < -0.39 is 0 Å². The highest BCUT2D eigenvalue weighted by Gasteiger charge is 2.50. The van der Waals surface area contributed by atoms with Crippen LogP contribution in [0.15, 0.2) is 12.2 Å². The molecule has 0 aromatic carbocycles. The van der Waals surface area contributed by atoms with Crippen molar-refractivity contribution in [1.82, 2.24) is 0 Å². The van der Waals surface area contributed by atoms with Gasteiger partial charge in [0, 0.05) is 25.2 Å². The Bertz CT molecular complexity index is 412. The summed E-state index contributed by atoms with van der Waals surface area (Å²) in [6.07, 6.45) is 3.55. The Morgan fingerprint density at radius 3 is 2.72 bits per heavy atom. The number of carbonyl (C=O) groups is 3. The molecule has 2 rings (SSSR count). The molecule has 0 aromatic heterocycles. The van der Waals surface area contributed by atoms with Crippen molar-refractivity contribution < 1.29 is 23.9 Å². The molecule has 1 heterocycles. The average Bonchev–Trinajstić information content (AvgIpc) is 2.70. The molecule has 0 unspecified atom stereocenters. The smallest absolute Gasteiger partial charge is 0.306 e. The minimum atomic E-state index is -0.354. The molecule has 0 bridgehead atoms.